The Hall–Kier alpha value is -2.07. The highest BCUT2D eigenvalue weighted by Crippen LogP contribution is 2.26. The lowest BCUT2D eigenvalue weighted by atomic mass is 10.0. The predicted molar refractivity (Wildman–Crippen MR) is 86.7 cm³/mol. The van der Waals surface area contributed by atoms with E-state index in [0.29, 0.717) is 23.0 Å². The van der Waals surface area contributed by atoms with Crippen molar-refractivity contribution in [2.45, 2.75) is 13.3 Å². The smallest absolute Gasteiger partial charge is 0.200 e. The van der Waals surface area contributed by atoms with Gasteiger partial charge in [-0.15, -0.1) is 0 Å². The molecule has 3 nitrogen and oxygen atoms in total. The lowest BCUT2D eigenvalue weighted by Gasteiger charge is -2.06. The summed E-state index contributed by atoms with van der Waals surface area (Å²) >= 11 is 3.37. The van der Waals surface area contributed by atoms with Crippen molar-refractivity contribution in [2.24, 2.45) is 0 Å². The largest absolute Gasteiger partial charge is 0.508 e. The van der Waals surface area contributed by atoms with Crippen LogP contribution < -0.4 is 5.43 Å². The summed E-state index contributed by atoms with van der Waals surface area (Å²) < 4.78 is 6.47. The molecule has 1 aromatic heterocycles. The Bertz CT molecular complexity index is 864. The summed E-state index contributed by atoms with van der Waals surface area (Å²) in [7, 11) is 0. The molecule has 0 aliphatic carbocycles. The summed E-state index contributed by atoms with van der Waals surface area (Å²) in [4.78, 5) is 12.6. The van der Waals surface area contributed by atoms with E-state index in [4.69, 9.17) is 4.42 Å². The Morgan fingerprint density at radius 2 is 1.90 bits per heavy atom. The van der Waals surface area contributed by atoms with Crippen LogP contribution in [0.2, 0.25) is 0 Å². The molecule has 21 heavy (non-hydrogen) atoms. The fourth-order valence-corrected chi connectivity index (χ4v) is 2.59. The van der Waals surface area contributed by atoms with Crippen molar-refractivity contribution in [3.05, 3.63) is 62.9 Å². The molecule has 3 rings (SSSR count). The van der Waals surface area contributed by atoms with Crippen LogP contribution in [0.25, 0.3) is 22.1 Å². The van der Waals surface area contributed by atoms with E-state index in [1.54, 1.807) is 6.07 Å². The fourth-order valence-electron chi connectivity index (χ4n) is 2.32. The number of aromatic hydroxyl groups is 1. The second kappa shape index (κ2) is 5.37. The van der Waals surface area contributed by atoms with Crippen LogP contribution in [-0.4, -0.2) is 5.11 Å². The number of phenols is 1. The summed E-state index contributed by atoms with van der Waals surface area (Å²) in [5.41, 5.74) is 2.37. The van der Waals surface area contributed by atoms with Gasteiger partial charge in [0.1, 0.15) is 17.6 Å². The molecule has 1 N–H and O–H groups in total. The maximum atomic E-state index is 12.6. The first kappa shape index (κ1) is 13.9. The van der Waals surface area contributed by atoms with Crippen LogP contribution in [0, 0.1) is 0 Å². The van der Waals surface area contributed by atoms with Crippen LogP contribution >= 0.6 is 15.9 Å². The van der Waals surface area contributed by atoms with E-state index in [0.717, 1.165) is 15.6 Å². The molecule has 106 valence electrons. The summed E-state index contributed by atoms with van der Waals surface area (Å²) in [6.45, 7) is 1.93. The predicted octanol–water partition coefficient (Wildman–Crippen LogP) is 4.49. The monoisotopic (exact) mass is 344 g/mol. The third kappa shape index (κ3) is 2.47. The van der Waals surface area contributed by atoms with Gasteiger partial charge in [0.15, 0.2) is 0 Å². The van der Waals surface area contributed by atoms with Gasteiger partial charge in [0, 0.05) is 10.5 Å². The first-order valence-corrected chi connectivity index (χ1v) is 7.42. The van der Waals surface area contributed by atoms with Gasteiger partial charge in [-0.3, -0.25) is 4.79 Å². The van der Waals surface area contributed by atoms with E-state index in [9.17, 15) is 9.90 Å². The van der Waals surface area contributed by atoms with Crippen molar-refractivity contribution < 1.29 is 9.52 Å². The fraction of sp³-hybridized carbons (Fsp3) is 0.118. The number of rotatable bonds is 2. The van der Waals surface area contributed by atoms with Crippen LogP contribution in [-0.2, 0) is 6.42 Å². The van der Waals surface area contributed by atoms with Crippen molar-refractivity contribution >= 4 is 26.9 Å². The van der Waals surface area contributed by atoms with Gasteiger partial charge < -0.3 is 9.52 Å². The third-order valence-corrected chi connectivity index (χ3v) is 4.04. The molecule has 0 aliphatic heterocycles. The molecular weight excluding hydrogens is 332 g/mol. The first-order valence-electron chi connectivity index (χ1n) is 6.63. The normalized spacial score (nSPS) is 11.0. The van der Waals surface area contributed by atoms with E-state index in [1.807, 2.05) is 31.2 Å². The molecule has 0 saturated heterocycles. The lowest BCUT2D eigenvalue weighted by molar-refractivity contribution is 0.467. The topological polar surface area (TPSA) is 50.4 Å². The summed E-state index contributed by atoms with van der Waals surface area (Å²) in [6.07, 6.45) is 2.10. The first-order chi connectivity index (χ1) is 10.1. The van der Waals surface area contributed by atoms with E-state index in [1.165, 1.54) is 12.3 Å². The zero-order valence-corrected chi connectivity index (χ0v) is 13.0. The van der Waals surface area contributed by atoms with Crippen molar-refractivity contribution in [2.75, 3.05) is 0 Å². The van der Waals surface area contributed by atoms with Gasteiger partial charge in [-0.2, -0.15) is 0 Å². The molecule has 0 aliphatic rings. The minimum Gasteiger partial charge on any atom is -0.508 e. The van der Waals surface area contributed by atoms with Crippen LogP contribution in [0.3, 0.4) is 0 Å². The van der Waals surface area contributed by atoms with E-state index in [-0.39, 0.29) is 11.2 Å². The number of hydrogen-bond acceptors (Lipinski definition) is 3. The summed E-state index contributed by atoms with van der Waals surface area (Å²) in [5.74, 6) is 0.157. The van der Waals surface area contributed by atoms with Gasteiger partial charge in [-0.1, -0.05) is 35.0 Å². The van der Waals surface area contributed by atoms with Crippen molar-refractivity contribution in [3.63, 3.8) is 0 Å². The number of hydrogen-bond donors (Lipinski definition) is 1. The van der Waals surface area contributed by atoms with E-state index >= 15 is 0 Å². The number of benzene rings is 2. The Morgan fingerprint density at radius 1 is 1.19 bits per heavy atom. The summed E-state index contributed by atoms with van der Waals surface area (Å²) in [6, 6.07) is 10.7. The van der Waals surface area contributed by atoms with E-state index < -0.39 is 0 Å². The van der Waals surface area contributed by atoms with E-state index in [2.05, 4.69) is 15.9 Å². The van der Waals surface area contributed by atoms with Crippen LogP contribution in [0.5, 0.6) is 5.75 Å². The standard InChI is InChI=1S/C17H13BrO3/c1-2-10-7-13-16(8-15(10)19)21-9-14(17(13)20)11-3-5-12(18)6-4-11/h3-9,19H,2H2,1H3. The molecule has 0 bridgehead atoms. The second-order valence-electron chi connectivity index (χ2n) is 4.82. The molecule has 0 spiro atoms. The molecule has 1 heterocycles. The van der Waals surface area contributed by atoms with Crippen molar-refractivity contribution in [3.8, 4) is 16.9 Å². The molecule has 3 aromatic rings. The zero-order valence-electron chi connectivity index (χ0n) is 11.4. The number of fused-ring (bicyclic) bond motifs is 1. The third-order valence-electron chi connectivity index (χ3n) is 3.51. The van der Waals surface area contributed by atoms with Crippen LogP contribution in [0.1, 0.15) is 12.5 Å². The number of phenolic OH excluding ortho intramolecular Hbond substituents is 1. The number of halogens is 1. The Morgan fingerprint density at radius 3 is 2.57 bits per heavy atom. The molecule has 0 saturated carbocycles. The lowest BCUT2D eigenvalue weighted by Crippen LogP contribution is -2.05. The second-order valence-corrected chi connectivity index (χ2v) is 5.73. The highest BCUT2D eigenvalue weighted by molar-refractivity contribution is 9.10. The highest BCUT2D eigenvalue weighted by Gasteiger charge is 2.11. The molecule has 4 heteroatoms. The van der Waals surface area contributed by atoms with Gasteiger partial charge in [0.25, 0.3) is 0 Å². The maximum Gasteiger partial charge on any atom is 0.200 e. The molecule has 0 unspecified atom stereocenters. The van der Waals surface area contributed by atoms with Crippen molar-refractivity contribution in [1.82, 2.24) is 0 Å². The van der Waals surface area contributed by atoms with Gasteiger partial charge in [0.2, 0.25) is 5.43 Å². The Kier molecular flexibility index (Phi) is 3.55. The minimum atomic E-state index is -0.0896. The minimum absolute atomic E-state index is 0.0896. The Balaban J connectivity index is 2.26. The summed E-state index contributed by atoms with van der Waals surface area (Å²) in [5, 5.41) is 10.3. The molecule has 0 fully saturated rings. The quantitative estimate of drug-likeness (QED) is 0.744. The molecule has 0 atom stereocenters. The molecular formula is C17H13BrO3. The number of aryl methyl sites for hydroxylation is 1. The Labute approximate surface area is 130 Å². The average Bonchev–Trinajstić information content (AvgIpc) is 2.48. The van der Waals surface area contributed by atoms with Gasteiger partial charge in [-0.25, -0.2) is 0 Å². The molecule has 0 radical (unpaired) electrons. The van der Waals surface area contributed by atoms with Gasteiger partial charge in [0.05, 0.1) is 10.9 Å². The average molecular weight is 345 g/mol. The maximum absolute atomic E-state index is 12.6. The SMILES string of the molecule is CCc1cc2c(=O)c(-c3ccc(Br)cc3)coc2cc1O. The van der Waals surface area contributed by atoms with Crippen LogP contribution in [0.15, 0.2) is 56.3 Å². The van der Waals surface area contributed by atoms with Crippen LogP contribution in [0.4, 0.5) is 0 Å². The van der Waals surface area contributed by atoms with Gasteiger partial charge >= 0.3 is 0 Å². The highest BCUT2D eigenvalue weighted by atomic mass is 79.9. The molecule has 0 amide bonds. The zero-order chi connectivity index (χ0) is 15.0. The van der Waals surface area contributed by atoms with Gasteiger partial charge in [-0.05, 0) is 35.7 Å². The van der Waals surface area contributed by atoms with Crippen molar-refractivity contribution in [1.29, 1.82) is 0 Å². The molecule has 2 aromatic carbocycles.